The molecule has 2 nitrogen and oxygen atoms in total. The fraction of sp³-hybridized carbons (Fsp3) is 0.400. The van der Waals surface area contributed by atoms with E-state index in [1.165, 1.54) is 20.3 Å². The van der Waals surface area contributed by atoms with Crippen LogP contribution in [0.5, 0.6) is 0 Å². The number of rotatable bonds is 3. The van der Waals surface area contributed by atoms with E-state index in [2.05, 4.69) is 0 Å². The highest BCUT2D eigenvalue weighted by molar-refractivity contribution is 6.32. The fourth-order valence-electron chi connectivity index (χ4n) is 1.32. The Balaban J connectivity index is 3.18. The summed E-state index contributed by atoms with van der Waals surface area (Å²) >= 11 is 0. The average molecular weight is 194 g/mol. The van der Waals surface area contributed by atoms with Crippen LogP contribution in [-0.4, -0.2) is 22.1 Å². The van der Waals surface area contributed by atoms with E-state index >= 15 is 0 Å². The van der Waals surface area contributed by atoms with Gasteiger partial charge in [0.25, 0.3) is 0 Å². The van der Waals surface area contributed by atoms with Crippen LogP contribution in [0.4, 0.5) is 4.39 Å². The van der Waals surface area contributed by atoms with Crippen molar-refractivity contribution in [2.24, 2.45) is 0 Å². The van der Waals surface area contributed by atoms with Crippen molar-refractivity contribution >= 4 is 13.3 Å². The van der Waals surface area contributed by atoms with Gasteiger partial charge in [0.2, 0.25) is 0 Å². The maximum Gasteiger partial charge on any atom is 0.183 e. The van der Waals surface area contributed by atoms with Gasteiger partial charge in [0, 0.05) is 19.8 Å². The molecule has 0 fully saturated rings. The predicted molar refractivity (Wildman–Crippen MR) is 53.3 cm³/mol. The molecule has 0 aliphatic rings. The van der Waals surface area contributed by atoms with Gasteiger partial charge in [-0.25, -0.2) is 4.39 Å². The van der Waals surface area contributed by atoms with Crippen LogP contribution in [0.2, 0.25) is 0 Å². The van der Waals surface area contributed by atoms with Crippen molar-refractivity contribution in [3.05, 3.63) is 29.1 Å². The maximum atomic E-state index is 13.3. The van der Waals surface area contributed by atoms with E-state index in [1.54, 1.807) is 13.0 Å². The second kappa shape index (κ2) is 4.57. The summed E-state index contributed by atoms with van der Waals surface area (Å²) in [4.78, 5) is 0. The highest BCUT2D eigenvalue weighted by Crippen LogP contribution is 2.21. The smallest absolute Gasteiger partial charge is 0.183 e. The van der Waals surface area contributed by atoms with Crippen LogP contribution in [0.1, 0.15) is 17.4 Å². The Bertz CT molecular complexity index is 324. The van der Waals surface area contributed by atoms with E-state index in [9.17, 15) is 4.39 Å². The molecule has 0 saturated carbocycles. The monoisotopic (exact) mass is 194 g/mol. The molecule has 74 valence electrons. The van der Waals surface area contributed by atoms with Crippen LogP contribution >= 0.6 is 0 Å². The molecule has 0 unspecified atom stereocenters. The molecule has 2 radical (unpaired) electrons. The molecule has 0 saturated heterocycles. The number of ether oxygens (including phenoxy) is 2. The molecular weight excluding hydrogens is 182 g/mol. The van der Waals surface area contributed by atoms with Gasteiger partial charge in [-0.15, -0.1) is 0 Å². The molecule has 0 amide bonds. The summed E-state index contributed by atoms with van der Waals surface area (Å²) in [6.45, 7) is 1.66. The summed E-state index contributed by atoms with van der Waals surface area (Å²) in [7, 11) is 8.51. The Morgan fingerprint density at radius 3 is 2.36 bits per heavy atom. The molecule has 0 aromatic heterocycles. The Labute approximate surface area is 84.4 Å². The molecule has 1 aromatic rings. The van der Waals surface area contributed by atoms with Crippen molar-refractivity contribution in [1.82, 2.24) is 0 Å². The first-order valence-corrected chi connectivity index (χ1v) is 4.21. The SMILES string of the molecule is [B]c1cc(F)c(C)c(C(OC)OC)c1. The van der Waals surface area contributed by atoms with Gasteiger partial charge in [-0.1, -0.05) is 11.5 Å². The van der Waals surface area contributed by atoms with Gasteiger partial charge in [0.05, 0.1) is 0 Å². The Hall–Kier alpha value is -0.865. The molecule has 0 aliphatic heterocycles. The van der Waals surface area contributed by atoms with E-state index < -0.39 is 6.29 Å². The summed E-state index contributed by atoms with van der Waals surface area (Å²) in [6.07, 6.45) is -0.576. The summed E-state index contributed by atoms with van der Waals surface area (Å²) in [5.41, 5.74) is 1.47. The van der Waals surface area contributed by atoms with Crippen molar-refractivity contribution < 1.29 is 13.9 Å². The van der Waals surface area contributed by atoms with Crippen molar-refractivity contribution in [3.8, 4) is 0 Å². The number of methoxy groups -OCH3 is 2. The number of benzene rings is 1. The zero-order valence-electron chi connectivity index (χ0n) is 8.50. The summed E-state index contributed by atoms with van der Waals surface area (Å²) in [5.74, 6) is -0.348. The molecule has 0 bridgehead atoms. The highest BCUT2D eigenvalue weighted by atomic mass is 19.1. The molecule has 0 heterocycles. The molecule has 4 heteroatoms. The minimum Gasteiger partial charge on any atom is -0.352 e. The van der Waals surface area contributed by atoms with Crippen molar-refractivity contribution in [3.63, 3.8) is 0 Å². The molecule has 14 heavy (non-hydrogen) atoms. The van der Waals surface area contributed by atoms with Gasteiger partial charge in [0.15, 0.2) is 6.29 Å². The standard InChI is InChI=1S/C10H12BFO2/c1-6-8(10(13-2)14-3)4-7(11)5-9(6)12/h4-5,10H,1-3H3. The van der Waals surface area contributed by atoms with Crippen LogP contribution in [-0.2, 0) is 9.47 Å². The Morgan fingerprint density at radius 1 is 1.29 bits per heavy atom. The first kappa shape index (κ1) is 11.2. The van der Waals surface area contributed by atoms with Crippen LogP contribution in [0.25, 0.3) is 0 Å². The van der Waals surface area contributed by atoms with Gasteiger partial charge in [0.1, 0.15) is 13.7 Å². The second-order valence-electron chi connectivity index (χ2n) is 3.02. The molecule has 1 aromatic carbocycles. The summed E-state index contributed by atoms with van der Waals surface area (Å²) in [5, 5.41) is 0. The third kappa shape index (κ3) is 2.14. The average Bonchev–Trinajstić information content (AvgIpc) is 2.15. The van der Waals surface area contributed by atoms with E-state index in [-0.39, 0.29) is 5.82 Å². The van der Waals surface area contributed by atoms with E-state index in [4.69, 9.17) is 17.3 Å². The number of hydrogen-bond donors (Lipinski definition) is 0. The van der Waals surface area contributed by atoms with E-state index in [0.29, 0.717) is 16.6 Å². The number of hydrogen-bond acceptors (Lipinski definition) is 2. The van der Waals surface area contributed by atoms with Gasteiger partial charge in [-0.2, -0.15) is 0 Å². The normalized spacial score (nSPS) is 10.9. The third-order valence-electron chi connectivity index (χ3n) is 2.09. The van der Waals surface area contributed by atoms with Crippen LogP contribution in [0.3, 0.4) is 0 Å². The van der Waals surface area contributed by atoms with E-state index in [1.807, 2.05) is 0 Å². The van der Waals surface area contributed by atoms with Gasteiger partial charge >= 0.3 is 0 Å². The largest absolute Gasteiger partial charge is 0.352 e. The minimum absolute atomic E-state index is 0.348. The van der Waals surface area contributed by atoms with Gasteiger partial charge in [-0.05, 0) is 18.6 Å². The Kier molecular flexibility index (Phi) is 3.66. The lowest BCUT2D eigenvalue weighted by molar-refractivity contribution is -0.106. The number of halogens is 1. The first-order chi connectivity index (χ1) is 6.60. The lowest BCUT2D eigenvalue weighted by atomic mass is 9.91. The zero-order valence-corrected chi connectivity index (χ0v) is 8.50. The molecule has 1 rings (SSSR count). The van der Waals surface area contributed by atoms with Crippen molar-refractivity contribution in [1.29, 1.82) is 0 Å². The quantitative estimate of drug-likeness (QED) is 0.532. The summed E-state index contributed by atoms with van der Waals surface area (Å²) in [6, 6.07) is 2.93. The van der Waals surface area contributed by atoms with Gasteiger partial charge < -0.3 is 9.47 Å². The lowest BCUT2D eigenvalue weighted by Crippen LogP contribution is -2.13. The highest BCUT2D eigenvalue weighted by Gasteiger charge is 2.14. The first-order valence-electron chi connectivity index (χ1n) is 4.21. The second-order valence-corrected chi connectivity index (χ2v) is 3.02. The van der Waals surface area contributed by atoms with Crippen LogP contribution in [0, 0.1) is 12.7 Å². The van der Waals surface area contributed by atoms with Crippen LogP contribution < -0.4 is 5.46 Å². The molecule has 0 aliphatic carbocycles. The molecule has 0 atom stereocenters. The Morgan fingerprint density at radius 2 is 1.86 bits per heavy atom. The topological polar surface area (TPSA) is 18.5 Å². The molecular formula is C10H12BFO2. The maximum absolute atomic E-state index is 13.3. The van der Waals surface area contributed by atoms with Crippen molar-refractivity contribution in [2.75, 3.05) is 14.2 Å². The zero-order chi connectivity index (χ0) is 10.7. The predicted octanol–water partition coefficient (Wildman–Crippen LogP) is 1.22. The van der Waals surface area contributed by atoms with Crippen molar-refractivity contribution in [2.45, 2.75) is 13.2 Å². The molecule has 0 N–H and O–H groups in total. The fourth-order valence-corrected chi connectivity index (χ4v) is 1.32. The molecule has 0 spiro atoms. The summed E-state index contributed by atoms with van der Waals surface area (Å²) < 4.78 is 23.3. The lowest BCUT2D eigenvalue weighted by Gasteiger charge is -2.17. The van der Waals surface area contributed by atoms with E-state index in [0.717, 1.165) is 0 Å². The third-order valence-corrected chi connectivity index (χ3v) is 2.09. The minimum atomic E-state index is -0.576. The van der Waals surface area contributed by atoms with Crippen LogP contribution in [0.15, 0.2) is 12.1 Å². The van der Waals surface area contributed by atoms with Gasteiger partial charge in [-0.3, -0.25) is 0 Å².